The van der Waals surface area contributed by atoms with Crippen molar-refractivity contribution in [3.63, 3.8) is 0 Å². The molecule has 5 aromatic rings. The van der Waals surface area contributed by atoms with Crippen LogP contribution >= 0.6 is 0 Å². The molecule has 8 rings (SSSR count). The Balaban J connectivity index is 1.85. The van der Waals surface area contributed by atoms with Crippen LogP contribution in [0.2, 0.25) is 0 Å². The minimum absolute atomic E-state index is 0.243. The summed E-state index contributed by atoms with van der Waals surface area (Å²) < 4.78 is 0. The summed E-state index contributed by atoms with van der Waals surface area (Å²) in [6.07, 6.45) is 3.56. The average Bonchev–Trinajstić information content (AvgIpc) is 3.24. The third-order valence-electron chi connectivity index (χ3n) is 8.00. The predicted octanol–water partition coefficient (Wildman–Crippen LogP) is 7.41. The maximum atomic E-state index is 2.48. The van der Waals surface area contributed by atoms with Crippen LogP contribution in [0.25, 0.3) is 54.2 Å². The smallest absolute Gasteiger partial charge is 0.000454 e. The minimum Gasteiger partial charge on any atom is -0.0613 e. The van der Waals surface area contributed by atoms with E-state index in [1.165, 1.54) is 51.1 Å². The summed E-state index contributed by atoms with van der Waals surface area (Å²) in [7, 11) is 0. The van der Waals surface area contributed by atoms with Gasteiger partial charge in [0.25, 0.3) is 0 Å². The molecule has 0 bridgehead atoms. The van der Waals surface area contributed by atoms with Crippen molar-refractivity contribution in [2.24, 2.45) is 0 Å². The maximum absolute atomic E-state index is 2.48. The fourth-order valence-corrected chi connectivity index (χ4v) is 6.93. The van der Waals surface area contributed by atoms with Gasteiger partial charge >= 0.3 is 0 Å². The number of fused-ring (bicyclic) bond motifs is 3. The Kier molecular flexibility index (Phi) is 2.08. The summed E-state index contributed by atoms with van der Waals surface area (Å²) in [5.41, 5.74) is 9.55. The molecule has 0 saturated heterocycles. The Morgan fingerprint density at radius 1 is 0.643 bits per heavy atom. The van der Waals surface area contributed by atoms with Gasteiger partial charge < -0.3 is 0 Å². The molecule has 0 unspecified atom stereocenters. The van der Waals surface area contributed by atoms with Gasteiger partial charge in [-0.3, -0.25) is 0 Å². The molecule has 0 atom stereocenters. The Bertz CT molecular complexity index is 1590. The van der Waals surface area contributed by atoms with Crippen LogP contribution in [0.1, 0.15) is 42.5 Å². The van der Waals surface area contributed by atoms with Gasteiger partial charge in [0.15, 0.2) is 0 Å². The monoisotopic (exact) mass is 356 g/mol. The topological polar surface area (TPSA) is 0 Å². The zero-order valence-corrected chi connectivity index (χ0v) is 16.2. The fraction of sp³-hybridized carbons (Fsp3) is 0.214. The highest BCUT2D eigenvalue weighted by atomic mass is 14.4. The first-order chi connectivity index (χ1) is 13.6. The standard InChI is InChI=1S/C28H20/c1-28(2)12-11-14-9-10-19-18-8-4-7-17-16-6-3-5-15-13-20-25(21(15)16)26(23(17)18)24(19)22(14)27(20)28/h3-10H,11-13H2,1-2H3. The largest absolute Gasteiger partial charge is 0.0613 e. The van der Waals surface area contributed by atoms with Crippen molar-refractivity contribution in [3.8, 4) is 11.1 Å². The van der Waals surface area contributed by atoms with Crippen molar-refractivity contribution < 1.29 is 0 Å². The molecule has 0 heterocycles. The van der Waals surface area contributed by atoms with Gasteiger partial charge in [0.1, 0.15) is 0 Å². The SMILES string of the molecule is CC1(C)CCc2ccc3c4c2c1c1c2c5c(cccc5c5cccc-3c5c42)C1. The van der Waals surface area contributed by atoms with Crippen molar-refractivity contribution >= 4 is 43.1 Å². The molecule has 0 nitrogen and oxygen atoms in total. The highest BCUT2D eigenvalue weighted by molar-refractivity contribution is 6.42. The average molecular weight is 356 g/mol. The summed E-state index contributed by atoms with van der Waals surface area (Å²) in [6.45, 7) is 4.95. The van der Waals surface area contributed by atoms with Crippen molar-refractivity contribution in [1.29, 1.82) is 0 Å². The molecule has 5 aromatic carbocycles. The van der Waals surface area contributed by atoms with Crippen molar-refractivity contribution in [2.45, 2.75) is 38.5 Å². The second-order valence-electron chi connectivity index (χ2n) is 9.75. The van der Waals surface area contributed by atoms with Gasteiger partial charge in [-0.05, 0) is 101 Å². The van der Waals surface area contributed by atoms with Crippen LogP contribution in [0.15, 0.2) is 48.5 Å². The molecule has 132 valence electrons. The van der Waals surface area contributed by atoms with E-state index in [0.29, 0.717) is 0 Å². The van der Waals surface area contributed by atoms with Crippen LogP contribution in [-0.4, -0.2) is 0 Å². The summed E-state index contributed by atoms with van der Waals surface area (Å²) in [4.78, 5) is 0. The molecule has 0 fully saturated rings. The van der Waals surface area contributed by atoms with Gasteiger partial charge in [-0.25, -0.2) is 0 Å². The van der Waals surface area contributed by atoms with Gasteiger partial charge in [0, 0.05) is 0 Å². The molecule has 3 aliphatic carbocycles. The number of benzene rings is 5. The lowest BCUT2D eigenvalue weighted by molar-refractivity contribution is 0.472. The lowest BCUT2D eigenvalue weighted by Crippen LogP contribution is -2.24. The Morgan fingerprint density at radius 3 is 2.32 bits per heavy atom. The van der Waals surface area contributed by atoms with Crippen molar-refractivity contribution in [2.75, 3.05) is 0 Å². The van der Waals surface area contributed by atoms with E-state index >= 15 is 0 Å². The Labute approximate surface area is 163 Å². The second-order valence-corrected chi connectivity index (χ2v) is 9.75. The van der Waals surface area contributed by atoms with Crippen LogP contribution in [0.4, 0.5) is 0 Å². The van der Waals surface area contributed by atoms with E-state index in [0.717, 1.165) is 6.42 Å². The number of hydrogen-bond donors (Lipinski definition) is 0. The van der Waals surface area contributed by atoms with Crippen LogP contribution in [-0.2, 0) is 18.3 Å². The minimum atomic E-state index is 0.243. The molecule has 3 aliphatic rings. The number of hydrogen-bond acceptors (Lipinski definition) is 0. The molecule has 0 radical (unpaired) electrons. The quantitative estimate of drug-likeness (QED) is 0.248. The highest BCUT2D eigenvalue weighted by Crippen LogP contribution is 2.58. The molecular formula is C28H20. The molecule has 28 heavy (non-hydrogen) atoms. The van der Waals surface area contributed by atoms with Gasteiger partial charge in [0.05, 0.1) is 0 Å². The first kappa shape index (κ1) is 14.2. The van der Waals surface area contributed by atoms with Gasteiger partial charge in [0.2, 0.25) is 0 Å². The molecule has 0 aromatic heterocycles. The summed E-state index contributed by atoms with van der Waals surface area (Å²) in [6, 6.07) is 18.8. The van der Waals surface area contributed by atoms with E-state index in [2.05, 4.69) is 62.4 Å². The molecule has 0 N–H and O–H groups in total. The lowest BCUT2D eigenvalue weighted by atomic mass is 9.69. The van der Waals surface area contributed by atoms with Crippen LogP contribution in [0.5, 0.6) is 0 Å². The van der Waals surface area contributed by atoms with E-state index in [4.69, 9.17) is 0 Å². The molecule has 0 saturated carbocycles. The maximum Gasteiger partial charge on any atom is -0.000454 e. The van der Waals surface area contributed by atoms with Crippen LogP contribution < -0.4 is 0 Å². The molecular weight excluding hydrogens is 336 g/mol. The van der Waals surface area contributed by atoms with Gasteiger partial charge in [-0.15, -0.1) is 0 Å². The van der Waals surface area contributed by atoms with E-state index in [-0.39, 0.29) is 5.41 Å². The number of aryl methyl sites for hydroxylation is 1. The molecule has 0 amide bonds. The number of rotatable bonds is 0. The Hall–Kier alpha value is -2.86. The normalized spacial score (nSPS) is 17.5. The lowest BCUT2D eigenvalue weighted by Gasteiger charge is -2.35. The van der Waals surface area contributed by atoms with Gasteiger partial charge in [-0.2, -0.15) is 0 Å². The van der Waals surface area contributed by atoms with E-state index in [1.807, 2.05) is 0 Å². The fourth-order valence-electron chi connectivity index (χ4n) is 6.93. The zero-order chi connectivity index (χ0) is 18.4. The van der Waals surface area contributed by atoms with Crippen molar-refractivity contribution in [1.82, 2.24) is 0 Å². The van der Waals surface area contributed by atoms with Gasteiger partial charge in [-0.1, -0.05) is 62.4 Å². The molecule has 0 spiro atoms. The predicted molar refractivity (Wildman–Crippen MR) is 120 cm³/mol. The van der Waals surface area contributed by atoms with E-state index < -0.39 is 0 Å². The zero-order valence-electron chi connectivity index (χ0n) is 16.2. The summed E-state index contributed by atoms with van der Waals surface area (Å²) >= 11 is 0. The third kappa shape index (κ3) is 1.28. The second kappa shape index (κ2) is 4.10. The van der Waals surface area contributed by atoms with Crippen LogP contribution in [0, 0.1) is 0 Å². The highest BCUT2D eigenvalue weighted by Gasteiger charge is 2.38. The van der Waals surface area contributed by atoms with E-state index in [1.54, 1.807) is 38.2 Å². The first-order valence-electron chi connectivity index (χ1n) is 10.6. The van der Waals surface area contributed by atoms with Crippen LogP contribution in [0.3, 0.4) is 0 Å². The summed E-state index contributed by atoms with van der Waals surface area (Å²) in [5.74, 6) is 0. The Morgan fingerprint density at radius 2 is 1.43 bits per heavy atom. The molecule has 0 aliphatic heterocycles. The first-order valence-corrected chi connectivity index (χ1v) is 10.6. The summed E-state index contributed by atoms with van der Waals surface area (Å²) in [5, 5.41) is 12.2. The van der Waals surface area contributed by atoms with E-state index in [9.17, 15) is 0 Å². The van der Waals surface area contributed by atoms with Crippen molar-refractivity contribution in [3.05, 3.63) is 70.8 Å². The molecule has 0 heteroatoms. The third-order valence-corrected chi connectivity index (χ3v) is 8.00.